The number of nitrogens with one attached hydrogen (secondary N) is 6. The van der Waals surface area contributed by atoms with Crippen LogP contribution >= 0.6 is 0 Å². The van der Waals surface area contributed by atoms with Crippen molar-refractivity contribution in [2.45, 2.75) is 105 Å². The van der Waals surface area contributed by atoms with E-state index < -0.39 is 46.9 Å². The molecule has 15 nitrogen and oxygen atoms in total. The van der Waals surface area contributed by atoms with Crippen LogP contribution in [0.2, 0.25) is 0 Å². The fourth-order valence-electron chi connectivity index (χ4n) is 3.92. The van der Waals surface area contributed by atoms with Gasteiger partial charge in [-0.15, -0.1) is 0 Å². The van der Waals surface area contributed by atoms with E-state index in [4.69, 9.17) is 14.2 Å². The Morgan fingerprint density at radius 2 is 0.776 bits per heavy atom. The quantitative estimate of drug-likeness (QED) is 0.111. The highest BCUT2D eigenvalue weighted by Crippen LogP contribution is 2.13. The fraction of sp³-hybridized carbons (Fsp3) is 0.647. The minimum Gasteiger partial charge on any atom is -0.444 e. The molecule has 0 fully saturated rings. The van der Waals surface area contributed by atoms with Gasteiger partial charge in [-0.05, 0) is 105 Å². The van der Waals surface area contributed by atoms with Crippen molar-refractivity contribution in [3.05, 3.63) is 34.9 Å². The van der Waals surface area contributed by atoms with E-state index in [1.807, 2.05) is 0 Å². The molecular formula is C34H56N6O9. The lowest BCUT2D eigenvalue weighted by Crippen LogP contribution is -2.35. The predicted octanol–water partition coefficient (Wildman–Crippen LogP) is 3.55. The molecule has 0 spiro atoms. The maximum atomic E-state index is 13.0. The van der Waals surface area contributed by atoms with Crippen LogP contribution in [0, 0.1) is 0 Å². The van der Waals surface area contributed by atoms with Gasteiger partial charge in [0.25, 0.3) is 11.8 Å². The van der Waals surface area contributed by atoms with Gasteiger partial charge in [-0.2, -0.15) is 0 Å². The molecule has 0 radical (unpaired) electrons. The summed E-state index contributed by atoms with van der Waals surface area (Å²) in [5, 5.41) is 16.2. The molecule has 0 unspecified atom stereocenters. The zero-order valence-corrected chi connectivity index (χ0v) is 30.5. The molecule has 0 atom stereocenters. The van der Waals surface area contributed by atoms with Gasteiger partial charge in [-0.25, -0.2) is 14.4 Å². The average molecular weight is 693 g/mol. The molecule has 0 aliphatic rings. The molecule has 15 heteroatoms. The molecule has 49 heavy (non-hydrogen) atoms. The van der Waals surface area contributed by atoms with Gasteiger partial charge in [0.15, 0.2) is 0 Å². The van der Waals surface area contributed by atoms with Crippen molar-refractivity contribution in [1.29, 1.82) is 0 Å². The van der Waals surface area contributed by atoms with Gasteiger partial charge in [0.05, 0.1) is 6.42 Å². The van der Waals surface area contributed by atoms with Gasteiger partial charge < -0.3 is 46.1 Å². The van der Waals surface area contributed by atoms with Crippen molar-refractivity contribution in [3.8, 4) is 0 Å². The van der Waals surface area contributed by atoms with E-state index in [2.05, 4.69) is 31.9 Å². The minimum absolute atomic E-state index is 0.0967. The van der Waals surface area contributed by atoms with E-state index in [1.165, 1.54) is 6.07 Å². The second-order valence-electron chi connectivity index (χ2n) is 14.3. The summed E-state index contributed by atoms with van der Waals surface area (Å²) in [7, 11) is 0. The highest BCUT2D eigenvalue weighted by atomic mass is 16.6. The maximum Gasteiger partial charge on any atom is 0.407 e. The Morgan fingerprint density at radius 1 is 0.469 bits per heavy atom. The minimum atomic E-state index is -0.625. The molecule has 0 aliphatic carbocycles. The van der Waals surface area contributed by atoms with Gasteiger partial charge in [-0.1, -0.05) is 0 Å². The maximum absolute atomic E-state index is 13.0. The van der Waals surface area contributed by atoms with E-state index in [9.17, 15) is 28.8 Å². The molecule has 0 saturated heterocycles. The summed E-state index contributed by atoms with van der Waals surface area (Å²) < 4.78 is 15.6. The highest BCUT2D eigenvalue weighted by Gasteiger charge is 2.18. The first-order valence-corrected chi connectivity index (χ1v) is 16.5. The Morgan fingerprint density at radius 3 is 1.10 bits per heavy atom. The monoisotopic (exact) mass is 692 g/mol. The van der Waals surface area contributed by atoms with E-state index in [-0.39, 0.29) is 56.2 Å². The number of hydrogen-bond acceptors (Lipinski definition) is 9. The molecule has 0 aliphatic heterocycles. The first kappa shape index (κ1) is 42.5. The first-order chi connectivity index (χ1) is 22.6. The Bertz CT molecular complexity index is 1210. The molecule has 276 valence electrons. The summed E-state index contributed by atoms with van der Waals surface area (Å²) in [4.78, 5) is 74.2. The smallest absolute Gasteiger partial charge is 0.407 e. The predicted molar refractivity (Wildman–Crippen MR) is 184 cm³/mol. The van der Waals surface area contributed by atoms with Gasteiger partial charge in [0.2, 0.25) is 5.91 Å². The second-order valence-corrected chi connectivity index (χ2v) is 14.3. The molecular weight excluding hydrogens is 636 g/mol. The summed E-state index contributed by atoms with van der Waals surface area (Å²) in [6.07, 6.45) is -0.423. The van der Waals surface area contributed by atoms with E-state index in [0.717, 1.165) is 0 Å². The van der Waals surface area contributed by atoms with Crippen LogP contribution < -0.4 is 31.9 Å². The van der Waals surface area contributed by atoms with Crippen LogP contribution in [0.15, 0.2) is 18.2 Å². The normalized spacial score (nSPS) is 11.4. The molecule has 1 rings (SSSR count). The highest BCUT2D eigenvalue weighted by molar-refractivity contribution is 6.00. The van der Waals surface area contributed by atoms with Crippen molar-refractivity contribution >= 4 is 36.0 Å². The number of hydrogen-bond donors (Lipinski definition) is 6. The largest absolute Gasteiger partial charge is 0.444 e. The van der Waals surface area contributed by atoms with Crippen molar-refractivity contribution in [2.75, 3.05) is 39.3 Å². The Hall–Kier alpha value is -4.56. The third-order valence-electron chi connectivity index (χ3n) is 5.84. The summed E-state index contributed by atoms with van der Waals surface area (Å²) >= 11 is 0. The van der Waals surface area contributed by atoms with E-state index >= 15 is 0 Å². The molecule has 0 saturated carbocycles. The second kappa shape index (κ2) is 20.1. The molecule has 0 aromatic heterocycles. The van der Waals surface area contributed by atoms with Crippen LogP contribution in [0.3, 0.4) is 0 Å². The average Bonchev–Trinajstić information content (AvgIpc) is 2.93. The molecule has 0 heterocycles. The van der Waals surface area contributed by atoms with Crippen molar-refractivity contribution in [2.24, 2.45) is 0 Å². The van der Waals surface area contributed by atoms with Crippen LogP contribution in [0.25, 0.3) is 0 Å². The van der Waals surface area contributed by atoms with E-state index in [0.29, 0.717) is 31.4 Å². The molecule has 6 N–H and O–H groups in total. The standard InChI is InChI=1S/C34H56N6O9/c1-32(2,3)47-29(44)38-16-10-13-35-26(41)21-23-19-24(27(42)36-14-11-17-39-30(45)48-33(4,5)6)22-25(20-23)28(43)37-15-12-18-40-31(46)49-34(7,8)9/h19-20,22H,10-18,21H2,1-9H3,(H,35,41)(H,36,42)(H,37,43)(H,38,44)(H,39,45)(H,40,46). The van der Waals surface area contributed by atoms with Crippen molar-refractivity contribution in [1.82, 2.24) is 31.9 Å². The number of carbonyl (C=O) groups is 6. The lowest BCUT2D eigenvalue weighted by atomic mass is 10.0. The summed E-state index contributed by atoms with van der Waals surface area (Å²) in [5.41, 5.74) is -1.05. The number of alkyl carbamates (subject to hydrolysis) is 3. The van der Waals surface area contributed by atoms with Crippen LogP contribution in [-0.2, 0) is 25.4 Å². The lowest BCUT2D eigenvalue weighted by Gasteiger charge is -2.19. The topological polar surface area (TPSA) is 202 Å². The third-order valence-corrected chi connectivity index (χ3v) is 5.84. The summed E-state index contributed by atoms with van der Waals surface area (Å²) in [6, 6.07) is 4.52. The van der Waals surface area contributed by atoms with Crippen LogP contribution in [0.4, 0.5) is 14.4 Å². The third kappa shape index (κ3) is 21.8. The Balaban J connectivity index is 2.79. The van der Waals surface area contributed by atoms with Crippen LogP contribution in [0.1, 0.15) is 108 Å². The SMILES string of the molecule is CC(C)(C)OC(=O)NCCCNC(=O)Cc1cc(C(=O)NCCCNC(=O)OC(C)(C)C)cc(C(=O)NCCCNC(=O)OC(C)(C)C)c1. The number of rotatable bonds is 16. The molecule has 1 aromatic rings. The summed E-state index contributed by atoms with van der Waals surface area (Å²) in [5.74, 6) is -1.24. The Labute approximate surface area is 289 Å². The van der Waals surface area contributed by atoms with Crippen molar-refractivity contribution in [3.63, 3.8) is 0 Å². The molecule has 0 bridgehead atoms. The van der Waals surface area contributed by atoms with Gasteiger partial charge in [0, 0.05) is 50.4 Å². The van der Waals surface area contributed by atoms with Gasteiger partial charge in [-0.3, -0.25) is 14.4 Å². The number of amides is 6. The lowest BCUT2D eigenvalue weighted by molar-refractivity contribution is -0.120. The first-order valence-electron chi connectivity index (χ1n) is 16.5. The zero-order chi connectivity index (χ0) is 37.3. The number of ether oxygens (including phenoxy) is 3. The fourth-order valence-corrected chi connectivity index (χ4v) is 3.92. The van der Waals surface area contributed by atoms with Gasteiger partial charge in [0.1, 0.15) is 16.8 Å². The van der Waals surface area contributed by atoms with Gasteiger partial charge >= 0.3 is 18.3 Å². The van der Waals surface area contributed by atoms with Crippen LogP contribution in [0.5, 0.6) is 0 Å². The number of benzene rings is 1. The Kier molecular flexibility index (Phi) is 17.4. The summed E-state index contributed by atoms with van der Waals surface area (Å²) in [6.45, 7) is 17.5. The molecule has 1 aromatic carbocycles. The van der Waals surface area contributed by atoms with Crippen molar-refractivity contribution < 1.29 is 43.0 Å². The van der Waals surface area contributed by atoms with E-state index in [1.54, 1.807) is 74.4 Å². The molecule has 6 amide bonds. The zero-order valence-electron chi connectivity index (χ0n) is 30.5. The number of carbonyl (C=O) groups excluding carboxylic acids is 6. The van der Waals surface area contributed by atoms with Crippen LogP contribution in [-0.4, -0.2) is 92.1 Å².